The number of methoxy groups -OCH3 is 1. The van der Waals surface area contributed by atoms with Crippen LogP contribution in [0, 0.1) is 0 Å². The van der Waals surface area contributed by atoms with Crippen molar-refractivity contribution in [2.75, 3.05) is 12.4 Å². The van der Waals surface area contributed by atoms with Gasteiger partial charge in [-0.25, -0.2) is 4.98 Å². The third-order valence-corrected chi connectivity index (χ3v) is 5.28. The number of thiophene rings is 1. The van der Waals surface area contributed by atoms with E-state index in [-0.39, 0.29) is 6.42 Å². The Morgan fingerprint density at radius 3 is 2.85 bits per heavy atom. The highest BCUT2D eigenvalue weighted by Gasteiger charge is 2.19. The van der Waals surface area contributed by atoms with Crippen LogP contribution in [-0.2, 0) is 20.7 Å². The van der Waals surface area contributed by atoms with E-state index >= 15 is 0 Å². The highest BCUT2D eigenvalue weighted by atomic mass is 32.1. The van der Waals surface area contributed by atoms with Crippen molar-refractivity contribution < 1.29 is 19.1 Å². The van der Waals surface area contributed by atoms with Crippen molar-refractivity contribution in [1.29, 1.82) is 0 Å². The molecule has 6 nitrogen and oxygen atoms in total. The molecule has 3 rings (SSSR count). The monoisotopic (exact) mass is 402 g/mol. The fourth-order valence-corrected chi connectivity index (χ4v) is 3.82. The molecule has 0 unspecified atom stereocenters. The second kappa shape index (κ2) is 8.79. The molecule has 0 aliphatic heterocycles. The van der Waals surface area contributed by atoms with Crippen LogP contribution in [0.15, 0.2) is 46.5 Å². The second-order valence-corrected chi connectivity index (χ2v) is 7.32. The van der Waals surface area contributed by atoms with E-state index in [1.807, 2.05) is 22.2 Å². The predicted molar refractivity (Wildman–Crippen MR) is 106 cm³/mol. The minimum atomic E-state index is -0.918. The van der Waals surface area contributed by atoms with Gasteiger partial charge in [-0.3, -0.25) is 9.59 Å². The quantitative estimate of drug-likeness (QED) is 0.605. The molecule has 140 valence electrons. The van der Waals surface area contributed by atoms with Gasteiger partial charge in [0.25, 0.3) is 5.91 Å². The molecule has 0 aliphatic carbocycles. The van der Waals surface area contributed by atoms with Gasteiger partial charge in [0.1, 0.15) is 10.8 Å². The van der Waals surface area contributed by atoms with Crippen LogP contribution in [0.3, 0.4) is 0 Å². The Labute approximate surface area is 164 Å². The van der Waals surface area contributed by atoms with E-state index in [1.165, 1.54) is 18.3 Å². The van der Waals surface area contributed by atoms with Gasteiger partial charge >= 0.3 is 5.97 Å². The molecule has 0 fully saturated rings. The highest BCUT2D eigenvalue weighted by molar-refractivity contribution is 7.14. The van der Waals surface area contributed by atoms with Gasteiger partial charge in [-0.2, -0.15) is 11.3 Å². The third-order valence-electron chi connectivity index (χ3n) is 3.66. The predicted octanol–water partition coefficient (Wildman–Crippen LogP) is 3.99. The zero-order chi connectivity index (χ0) is 19.2. The number of ether oxygens (including phenoxy) is 2. The molecule has 1 N–H and O–H groups in total. The summed E-state index contributed by atoms with van der Waals surface area (Å²) in [4.78, 5) is 28.8. The standard InChI is InChI=1S/C19H18N2O4S2/c1-12(18(23)20-14-4-3-5-16(8-14)24-2)25-17(22)9-15-11-27-19(21-15)13-6-7-26-10-13/h3-8,10-12H,9H2,1-2H3,(H,20,23)/t12-/m0/s1. The van der Waals surface area contributed by atoms with Crippen molar-refractivity contribution in [3.05, 3.63) is 52.2 Å². The lowest BCUT2D eigenvalue weighted by molar-refractivity contribution is -0.152. The first kappa shape index (κ1) is 19.1. The zero-order valence-corrected chi connectivity index (χ0v) is 16.4. The number of thiazole rings is 1. The Kier molecular flexibility index (Phi) is 6.20. The van der Waals surface area contributed by atoms with Crippen LogP contribution in [0.4, 0.5) is 5.69 Å². The van der Waals surface area contributed by atoms with Crippen molar-refractivity contribution in [3.63, 3.8) is 0 Å². The number of carbonyl (C=O) groups is 2. The summed E-state index contributed by atoms with van der Waals surface area (Å²) in [7, 11) is 1.55. The van der Waals surface area contributed by atoms with E-state index < -0.39 is 18.0 Å². The Hall–Kier alpha value is -2.71. The van der Waals surface area contributed by atoms with Crippen molar-refractivity contribution in [2.45, 2.75) is 19.4 Å². The third kappa shape index (κ3) is 5.15. The van der Waals surface area contributed by atoms with E-state index in [9.17, 15) is 9.59 Å². The first-order chi connectivity index (χ1) is 13.0. The number of nitrogens with zero attached hydrogens (tertiary/aromatic N) is 1. The summed E-state index contributed by atoms with van der Waals surface area (Å²) in [6.45, 7) is 1.53. The summed E-state index contributed by atoms with van der Waals surface area (Å²) >= 11 is 3.07. The van der Waals surface area contributed by atoms with Crippen molar-refractivity contribution in [1.82, 2.24) is 4.98 Å². The summed E-state index contributed by atoms with van der Waals surface area (Å²) in [5.41, 5.74) is 2.24. The van der Waals surface area contributed by atoms with Crippen LogP contribution in [0.5, 0.6) is 5.75 Å². The molecule has 8 heteroatoms. The Bertz CT molecular complexity index is 921. The number of benzene rings is 1. The van der Waals surface area contributed by atoms with Gasteiger partial charge < -0.3 is 14.8 Å². The number of anilines is 1. The van der Waals surface area contributed by atoms with E-state index in [0.29, 0.717) is 17.1 Å². The van der Waals surface area contributed by atoms with Crippen LogP contribution >= 0.6 is 22.7 Å². The molecule has 1 aromatic carbocycles. The summed E-state index contributed by atoms with van der Waals surface area (Å²) < 4.78 is 10.3. The van der Waals surface area contributed by atoms with Crippen LogP contribution in [0.25, 0.3) is 10.6 Å². The number of esters is 1. The summed E-state index contributed by atoms with van der Waals surface area (Å²) in [6, 6.07) is 8.94. The number of amides is 1. The molecular weight excluding hydrogens is 384 g/mol. The molecule has 27 heavy (non-hydrogen) atoms. The number of carbonyl (C=O) groups excluding carboxylic acids is 2. The molecule has 0 saturated heterocycles. The Morgan fingerprint density at radius 1 is 1.26 bits per heavy atom. The second-order valence-electron chi connectivity index (χ2n) is 5.69. The largest absolute Gasteiger partial charge is 0.497 e. The van der Waals surface area contributed by atoms with Crippen molar-refractivity contribution >= 4 is 40.2 Å². The van der Waals surface area contributed by atoms with Crippen LogP contribution in [-0.4, -0.2) is 30.1 Å². The van der Waals surface area contributed by atoms with Gasteiger partial charge in [-0.05, 0) is 30.5 Å². The number of hydrogen-bond acceptors (Lipinski definition) is 7. The SMILES string of the molecule is COc1cccc(NC(=O)[C@H](C)OC(=O)Cc2csc(-c3ccsc3)n2)c1. The average molecular weight is 402 g/mol. The first-order valence-electron chi connectivity index (χ1n) is 8.16. The molecule has 3 aromatic rings. The molecule has 1 amide bonds. The average Bonchev–Trinajstić information content (AvgIpc) is 3.33. The zero-order valence-electron chi connectivity index (χ0n) is 14.8. The Morgan fingerprint density at radius 2 is 2.11 bits per heavy atom. The van der Waals surface area contributed by atoms with Gasteiger partial charge in [0.05, 0.1) is 19.2 Å². The number of aromatic nitrogens is 1. The maximum Gasteiger partial charge on any atom is 0.312 e. The van der Waals surface area contributed by atoms with Gasteiger partial charge in [0, 0.05) is 28.1 Å². The lowest BCUT2D eigenvalue weighted by Gasteiger charge is -2.13. The van der Waals surface area contributed by atoms with Crippen LogP contribution in [0.1, 0.15) is 12.6 Å². The van der Waals surface area contributed by atoms with E-state index in [0.717, 1.165) is 10.6 Å². The maximum absolute atomic E-state index is 12.2. The van der Waals surface area contributed by atoms with E-state index in [1.54, 1.807) is 42.7 Å². The van der Waals surface area contributed by atoms with Gasteiger partial charge in [0.15, 0.2) is 6.10 Å². The van der Waals surface area contributed by atoms with E-state index in [4.69, 9.17) is 9.47 Å². The Balaban J connectivity index is 1.53. The smallest absolute Gasteiger partial charge is 0.312 e. The molecule has 0 aliphatic rings. The number of rotatable bonds is 7. The number of nitrogens with one attached hydrogen (secondary N) is 1. The lowest BCUT2D eigenvalue weighted by atomic mass is 10.2. The minimum Gasteiger partial charge on any atom is -0.497 e. The van der Waals surface area contributed by atoms with Crippen molar-refractivity contribution in [3.8, 4) is 16.3 Å². The molecule has 0 radical (unpaired) electrons. The fourth-order valence-electron chi connectivity index (χ4n) is 2.29. The molecule has 0 bridgehead atoms. The fraction of sp³-hybridized carbons (Fsp3) is 0.211. The summed E-state index contributed by atoms with van der Waals surface area (Å²) in [6.07, 6.45) is -0.893. The first-order valence-corrected chi connectivity index (χ1v) is 9.99. The normalized spacial score (nSPS) is 11.6. The highest BCUT2D eigenvalue weighted by Crippen LogP contribution is 2.26. The molecule has 0 spiro atoms. The molecular formula is C19H18N2O4S2. The molecule has 0 saturated carbocycles. The number of hydrogen-bond donors (Lipinski definition) is 1. The summed E-state index contributed by atoms with van der Waals surface area (Å²) in [5.74, 6) is -0.276. The molecule has 1 atom stereocenters. The van der Waals surface area contributed by atoms with Crippen molar-refractivity contribution in [2.24, 2.45) is 0 Å². The topological polar surface area (TPSA) is 77.5 Å². The minimum absolute atomic E-state index is 0.0252. The van der Waals surface area contributed by atoms with Crippen LogP contribution in [0.2, 0.25) is 0 Å². The van der Waals surface area contributed by atoms with Gasteiger partial charge in [0.2, 0.25) is 0 Å². The van der Waals surface area contributed by atoms with Crippen LogP contribution < -0.4 is 10.1 Å². The molecule has 2 heterocycles. The lowest BCUT2D eigenvalue weighted by Crippen LogP contribution is -2.30. The van der Waals surface area contributed by atoms with E-state index in [2.05, 4.69) is 10.3 Å². The van der Waals surface area contributed by atoms with Gasteiger partial charge in [-0.1, -0.05) is 6.07 Å². The van der Waals surface area contributed by atoms with Gasteiger partial charge in [-0.15, -0.1) is 11.3 Å². The summed E-state index contributed by atoms with van der Waals surface area (Å²) in [5, 5.41) is 9.38. The maximum atomic E-state index is 12.2. The molecule has 2 aromatic heterocycles.